The molecule has 1 aromatic heterocycles. The third kappa shape index (κ3) is 2.41. The van der Waals surface area contributed by atoms with Crippen molar-refractivity contribution in [3.05, 3.63) is 18.0 Å². The van der Waals surface area contributed by atoms with Gasteiger partial charge in [-0.15, -0.1) is 0 Å². The van der Waals surface area contributed by atoms with Gasteiger partial charge in [-0.05, 0) is 12.0 Å². The summed E-state index contributed by atoms with van der Waals surface area (Å²) >= 11 is 0. The quantitative estimate of drug-likeness (QED) is 0.477. The predicted molar refractivity (Wildman–Crippen MR) is 41.0 cm³/mol. The highest BCUT2D eigenvalue weighted by Crippen LogP contribution is 1.95. The van der Waals surface area contributed by atoms with Crippen LogP contribution in [0.1, 0.15) is 5.56 Å². The largest absolute Gasteiger partial charge is 0.358 e. The monoisotopic (exact) mass is 153 g/mol. The highest BCUT2D eigenvalue weighted by atomic mass is 16.1. The Morgan fingerprint density at radius 1 is 1.82 bits per heavy atom. The van der Waals surface area contributed by atoms with Crippen molar-refractivity contribution in [2.24, 2.45) is 7.05 Å². The van der Waals surface area contributed by atoms with Gasteiger partial charge in [-0.2, -0.15) is 5.10 Å². The van der Waals surface area contributed by atoms with E-state index in [4.69, 9.17) is 0 Å². The Kier molecular flexibility index (Phi) is 2.66. The SMILES string of the molecule is Cn1cc(CCNC=O)cn1. The molecule has 0 aliphatic carbocycles. The lowest BCUT2D eigenvalue weighted by Crippen LogP contribution is -2.13. The van der Waals surface area contributed by atoms with Crippen molar-refractivity contribution >= 4 is 6.41 Å². The fourth-order valence-corrected chi connectivity index (χ4v) is 0.876. The Hall–Kier alpha value is -1.32. The summed E-state index contributed by atoms with van der Waals surface area (Å²) < 4.78 is 1.75. The predicted octanol–water partition coefficient (Wildman–Crippen LogP) is -0.291. The molecule has 0 atom stereocenters. The van der Waals surface area contributed by atoms with E-state index in [-0.39, 0.29) is 0 Å². The van der Waals surface area contributed by atoms with Gasteiger partial charge < -0.3 is 5.32 Å². The van der Waals surface area contributed by atoms with Crippen molar-refractivity contribution < 1.29 is 4.79 Å². The maximum Gasteiger partial charge on any atom is 0.207 e. The van der Waals surface area contributed by atoms with E-state index in [0.717, 1.165) is 12.0 Å². The van der Waals surface area contributed by atoms with E-state index in [1.165, 1.54) is 0 Å². The van der Waals surface area contributed by atoms with Crippen molar-refractivity contribution in [1.29, 1.82) is 0 Å². The zero-order valence-corrected chi connectivity index (χ0v) is 6.45. The fraction of sp³-hybridized carbons (Fsp3) is 0.429. The van der Waals surface area contributed by atoms with Gasteiger partial charge in [-0.25, -0.2) is 0 Å². The van der Waals surface area contributed by atoms with Crippen LogP contribution in [-0.2, 0) is 18.3 Å². The topological polar surface area (TPSA) is 46.9 Å². The third-order valence-corrected chi connectivity index (χ3v) is 1.40. The number of aryl methyl sites for hydroxylation is 1. The maximum absolute atomic E-state index is 9.87. The normalized spacial score (nSPS) is 9.55. The molecule has 0 bridgehead atoms. The van der Waals surface area contributed by atoms with Crippen molar-refractivity contribution in [2.75, 3.05) is 6.54 Å². The van der Waals surface area contributed by atoms with Gasteiger partial charge in [0.05, 0.1) is 6.20 Å². The summed E-state index contributed by atoms with van der Waals surface area (Å²) in [7, 11) is 1.87. The summed E-state index contributed by atoms with van der Waals surface area (Å²) in [6.45, 7) is 0.676. The number of amides is 1. The van der Waals surface area contributed by atoms with E-state index in [1.807, 2.05) is 13.2 Å². The van der Waals surface area contributed by atoms with E-state index in [1.54, 1.807) is 10.9 Å². The molecule has 0 saturated heterocycles. The van der Waals surface area contributed by atoms with Gasteiger partial charge in [0.25, 0.3) is 0 Å². The third-order valence-electron chi connectivity index (χ3n) is 1.40. The van der Waals surface area contributed by atoms with Crippen LogP contribution in [0.4, 0.5) is 0 Å². The first-order valence-corrected chi connectivity index (χ1v) is 3.47. The number of hydrogen-bond acceptors (Lipinski definition) is 2. The number of carbonyl (C=O) groups is 1. The second-order valence-electron chi connectivity index (χ2n) is 2.34. The summed E-state index contributed by atoms with van der Waals surface area (Å²) in [4.78, 5) is 9.87. The van der Waals surface area contributed by atoms with Crippen LogP contribution in [0.15, 0.2) is 12.4 Å². The van der Waals surface area contributed by atoms with Gasteiger partial charge in [0.2, 0.25) is 6.41 Å². The molecule has 4 nitrogen and oxygen atoms in total. The number of carbonyl (C=O) groups excluding carboxylic acids is 1. The van der Waals surface area contributed by atoms with E-state index >= 15 is 0 Å². The second-order valence-corrected chi connectivity index (χ2v) is 2.34. The average molecular weight is 153 g/mol. The highest BCUT2D eigenvalue weighted by molar-refractivity contribution is 5.45. The zero-order valence-electron chi connectivity index (χ0n) is 6.45. The summed E-state index contributed by atoms with van der Waals surface area (Å²) in [5.74, 6) is 0. The van der Waals surface area contributed by atoms with Gasteiger partial charge in [0.15, 0.2) is 0 Å². The molecular formula is C7H11N3O. The Balaban J connectivity index is 2.32. The average Bonchev–Trinajstić information content (AvgIpc) is 2.37. The summed E-state index contributed by atoms with van der Waals surface area (Å²) in [6, 6.07) is 0. The molecule has 1 N–H and O–H groups in total. The molecule has 0 aromatic carbocycles. The first kappa shape index (κ1) is 7.78. The number of nitrogens with zero attached hydrogens (tertiary/aromatic N) is 2. The van der Waals surface area contributed by atoms with Gasteiger partial charge in [-0.1, -0.05) is 0 Å². The molecule has 11 heavy (non-hydrogen) atoms. The van der Waals surface area contributed by atoms with Gasteiger partial charge >= 0.3 is 0 Å². The lowest BCUT2D eigenvalue weighted by atomic mass is 10.2. The van der Waals surface area contributed by atoms with Crippen LogP contribution in [0.3, 0.4) is 0 Å². The highest BCUT2D eigenvalue weighted by Gasteiger charge is 1.93. The summed E-state index contributed by atoms with van der Waals surface area (Å²) in [6.07, 6.45) is 5.28. The Bertz CT molecular complexity index is 231. The number of rotatable bonds is 4. The van der Waals surface area contributed by atoms with Crippen molar-refractivity contribution in [1.82, 2.24) is 15.1 Å². The lowest BCUT2D eigenvalue weighted by molar-refractivity contribution is -0.109. The molecule has 1 aromatic rings. The van der Waals surface area contributed by atoms with Crippen molar-refractivity contribution in [2.45, 2.75) is 6.42 Å². The van der Waals surface area contributed by atoms with Crippen LogP contribution < -0.4 is 5.32 Å². The molecule has 0 aliphatic heterocycles. The van der Waals surface area contributed by atoms with E-state index in [0.29, 0.717) is 13.0 Å². The Labute approximate surface area is 65.2 Å². The number of hydrogen-bond donors (Lipinski definition) is 1. The smallest absolute Gasteiger partial charge is 0.207 e. The van der Waals surface area contributed by atoms with Crippen LogP contribution in [0.5, 0.6) is 0 Å². The van der Waals surface area contributed by atoms with Crippen LogP contribution in [-0.4, -0.2) is 22.7 Å². The van der Waals surface area contributed by atoms with Crippen LogP contribution in [0.2, 0.25) is 0 Å². The standard InChI is InChI=1S/C7H11N3O/c1-10-5-7(4-9-10)2-3-8-6-11/h4-6H,2-3H2,1H3,(H,8,11). The Morgan fingerprint density at radius 3 is 3.18 bits per heavy atom. The molecule has 60 valence electrons. The van der Waals surface area contributed by atoms with Crippen LogP contribution >= 0.6 is 0 Å². The van der Waals surface area contributed by atoms with Crippen molar-refractivity contribution in [3.63, 3.8) is 0 Å². The minimum atomic E-state index is 0.676. The maximum atomic E-state index is 9.87. The first-order valence-electron chi connectivity index (χ1n) is 3.47. The molecule has 1 heterocycles. The molecule has 0 spiro atoms. The Morgan fingerprint density at radius 2 is 2.64 bits per heavy atom. The zero-order chi connectivity index (χ0) is 8.10. The van der Waals surface area contributed by atoms with Crippen LogP contribution in [0, 0.1) is 0 Å². The van der Waals surface area contributed by atoms with Crippen LogP contribution in [0.25, 0.3) is 0 Å². The fourth-order valence-electron chi connectivity index (χ4n) is 0.876. The number of aromatic nitrogens is 2. The van der Waals surface area contributed by atoms with E-state index in [9.17, 15) is 4.79 Å². The molecule has 0 unspecified atom stereocenters. The molecule has 0 radical (unpaired) electrons. The molecule has 1 amide bonds. The molecular weight excluding hydrogens is 142 g/mol. The number of nitrogens with one attached hydrogen (secondary N) is 1. The minimum Gasteiger partial charge on any atom is -0.358 e. The lowest BCUT2D eigenvalue weighted by Gasteiger charge is -1.93. The molecule has 0 aliphatic rings. The van der Waals surface area contributed by atoms with Gasteiger partial charge in [0.1, 0.15) is 0 Å². The van der Waals surface area contributed by atoms with Gasteiger partial charge in [-0.3, -0.25) is 9.48 Å². The van der Waals surface area contributed by atoms with E-state index in [2.05, 4.69) is 10.4 Å². The summed E-state index contributed by atoms with van der Waals surface area (Å²) in [5.41, 5.74) is 1.14. The van der Waals surface area contributed by atoms with Gasteiger partial charge in [0, 0.05) is 19.8 Å². The molecule has 4 heteroatoms. The minimum absolute atomic E-state index is 0.676. The first-order chi connectivity index (χ1) is 5.33. The molecule has 0 saturated carbocycles. The summed E-state index contributed by atoms with van der Waals surface area (Å²) in [5, 5.41) is 6.58. The molecule has 0 fully saturated rings. The second kappa shape index (κ2) is 3.75. The van der Waals surface area contributed by atoms with E-state index < -0.39 is 0 Å². The molecule has 1 rings (SSSR count). The van der Waals surface area contributed by atoms with Crippen molar-refractivity contribution in [3.8, 4) is 0 Å².